The highest BCUT2D eigenvalue weighted by atomic mass is 35.5. The van der Waals surface area contributed by atoms with Crippen molar-refractivity contribution in [3.63, 3.8) is 0 Å². The highest BCUT2D eigenvalue weighted by Crippen LogP contribution is 2.41. The molecule has 1 unspecified atom stereocenters. The Kier molecular flexibility index (Phi) is 6.17. The van der Waals surface area contributed by atoms with Crippen LogP contribution in [0, 0.1) is 5.92 Å². The van der Waals surface area contributed by atoms with Gasteiger partial charge in [0.05, 0.1) is 16.6 Å². The van der Waals surface area contributed by atoms with E-state index in [4.69, 9.17) is 33.9 Å². The molecule has 10 heteroatoms. The number of nitrogen functional groups attached to an aromatic ring is 1. The van der Waals surface area contributed by atoms with Gasteiger partial charge in [-0.15, -0.1) is 0 Å². The van der Waals surface area contributed by atoms with Gasteiger partial charge < -0.3 is 16.0 Å². The molecule has 0 radical (unpaired) electrons. The van der Waals surface area contributed by atoms with Crippen LogP contribution in [0.25, 0.3) is 22.2 Å². The highest BCUT2D eigenvalue weighted by molar-refractivity contribution is 6.39. The number of pyridine rings is 1. The van der Waals surface area contributed by atoms with Gasteiger partial charge in [0, 0.05) is 35.8 Å². The third kappa shape index (κ3) is 4.40. The van der Waals surface area contributed by atoms with E-state index < -0.39 is 6.43 Å². The molecule has 4 rings (SSSR count). The van der Waals surface area contributed by atoms with Gasteiger partial charge in [0.2, 0.25) is 5.95 Å². The van der Waals surface area contributed by atoms with E-state index in [9.17, 15) is 8.78 Å². The van der Waals surface area contributed by atoms with Gasteiger partial charge in [0.25, 0.3) is 6.43 Å². The van der Waals surface area contributed by atoms with Gasteiger partial charge in [-0.3, -0.25) is 0 Å². The lowest BCUT2D eigenvalue weighted by Gasteiger charge is -2.22. The summed E-state index contributed by atoms with van der Waals surface area (Å²) in [4.78, 5) is 15.2. The summed E-state index contributed by atoms with van der Waals surface area (Å²) < 4.78 is 24.8. The lowest BCUT2D eigenvalue weighted by Crippen LogP contribution is -2.29. The summed E-state index contributed by atoms with van der Waals surface area (Å²) in [5, 5.41) is 4.56. The molecular formula is C20H20Cl2F2N6. The predicted molar refractivity (Wildman–Crippen MR) is 116 cm³/mol. The van der Waals surface area contributed by atoms with Crippen molar-refractivity contribution in [1.82, 2.24) is 20.3 Å². The SMILES string of the molecule is Nc1ncc2cc(-c3c(Cl)cccc3Cl)c(N3CCC(CNCC(F)F)C3)nc2n1. The molecule has 30 heavy (non-hydrogen) atoms. The number of fused-ring (bicyclic) bond motifs is 1. The molecule has 0 saturated carbocycles. The minimum absolute atomic E-state index is 0.139. The molecule has 158 valence electrons. The summed E-state index contributed by atoms with van der Waals surface area (Å²) in [5.74, 6) is 1.05. The normalized spacial score (nSPS) is 16.7. The summed E-state index contributed by atoms with van der Waals surface area (Å²) in [7, 11) is 0. The molecule has 1 aliphatic heterocycles. The molecule has 2 aromatic heterocycles. The van der Waals surface area contributed by atoms with Crippen molar-refractivity contribution in [3.05, 3.63) is 40.5 Å². The number of nitrogens with two attached hydrogens (primary N) is 1. The fourth-order valence-electron chi connectivity index (χ4n) is 3.74. The molecule has 0 bridgehead atoms. The Morgan fingerprint density at radius 2 is 2.00 bits per heavy atom. The first-order valence-corrected chi connectivity index (χ1v) is 10.3. The standard InChI is InChI=1S/C20H20Cl2F2N6/c21-14-2-1-3-15(22)17(14)13-6-12-8-27-20(25)29-18(12)28-19(13)30-5-4-11(10-30)7-26-9-16(23)24/h1-3,6,8,11,16,26H,4-5,7,9-10H2,(H2,25,27,28,29). The second-order valence-electron chi connectivity index (χ2n) is 7.25. The van der Waals surface area contributed by atoms with E-state index in [-0.39, 0.29) is 18.4 Å². The molecule has 1 saturated heterocycles. The van der Waals surface area contributed by atoms with Crippen LogP contribution >= 0.6 is 23.2 Å². The molecule has 0 amide bonds. The van der Waals surface area contributed by atoms with E-state index >= 15 is 0 Å². The Hall–Kier alpha value is -2.29. The molecule has 0 aliphatic carbocycles. The van der Waals surface area contributed by atoms with Crippen LogP contribution in [0.2, 0.25) is 10.0 Å². The lowest BCUT2D eigenvalue weighted by molar-refractivity contribution is 0.144. The number of rotatable bonds is 6. The van der Waals surface area contributed by atoms with Crippen molar-refractivity contribution in [2.45, 2.75) is 12.8 Å². The van der Waals surface area contributed by atoms with Crippen LogP contribution in [0.1, 0.15) is 6.42 Å². The van der Waals surface area contributed by atoms with Gasteiger partial charge in [-0.25, -0.2) is 18.7 Å². The molecule has 1 aliphatic rings. The first kappa shape index (κ1) is 21.0. The number of hydrogen-bond acceptors (Lipinski definition) is 6. The van der Waals surface area contributed by atoms with E-state index in [1.54, 1.807) is 24.4 Å². The minimum atomic E-state index is -2.36. The van der Waals surface area contributed by atoms with Crippen molar-refractivity contribution in [3.8, 4) is 11.1 Å². The summed E-state index contributed by atoms with van der Waals surface area (Å²) in [6.45, 7) is 1.62. The van der Waals surface area contributed by atoms with Crippen LogP contribution in [0.4, 0.5) is 20.5 Å². The van der Waals surface area contributed by atoms with Crippen LogP contribution in [-0.2, 0) is 0 Å². The third-order valence-corrected chi connectivity index (χ3v) is 5.75. The Bertz CT molecular complexity index is 1040. The van der Waals surface area contributed by atoms with Crippen molar-refractivity contribution in [1.29, 1.82) is 0 Å². The number of halogens is 4. The fraction of sp³-hybridized carbons (Fsp3) is 0.350. The number of hydrogen-bond donors (Lipinski definition) is 2. The quantitative estimate of drug-likeness (QED) is 0.581. The van der Waals surface area contributed by atoms with Crippen LogP contribution in [0.15, 0.2) is 30.5 Å². The monoisotopic (exact) mass is 452 g/mol. The van der Waals surface area contributed by atoms with E-state index in [2.05, 4.69) is 20.2 Å². The van der Waals surface area contributed by atoms with E-state index in [0.717, 1.165) is 18.5 Å². The summed E-state index contributed by atoms with van der Waals surface area (Å²) in [6, 6.07) is 7.24. The highest BCUT2D eigenvalue weighted by Gasteiger charge is 2.27. The largest absolute Gasteiger partial charge is 0.368 e. The summed E-state index contributed by atoms with van der Waals surface area (Å²) in [6.07, 6.45) is 0.116. The average molecular weight is 453 g/mol. The van der Waals surface area contributed by atoms with Gasteiger partial charge in [-0.2, -0.15) is 4.98 Å². The van der Waals surface area contributed by atoms with Crippen LogP contribution in [-0.4, -0.2) is 47.6 Å². The zero-order valence-electron chi connectivity index (χ0n) is 16.0. The summed E-state index contributed by atoms with van der Waals surface area (Å²) in [5.41, 5.74) is 7.67. The molecule has 6 nitrogen and oxygen atoms in total. The molecule has 1 atom stereocenters. The minimum Gasteiger partial charge on any atom is -0.368 e. The van der Waals surface area contributed by atoms with Gasteiger partial charge >= 0.3 is 0 Å². The second kappa shape index (κ2) is 8.83. The zero-order chi connectivity index (χ0) is 21.3. The number of anilines is 2. The maximum atomic E-state index is 12.4. The lowest BCUT2D eigenvalue weighted by atomic mass is 10.0. The Labute approximate surface area is 182 Å². The first-order valence-electron chi connectivity index (χ1n) is 9.54. The second-order valence-corrected chi connectivity index (χ2v) is 8.06. The van der Waals surface area contributed by atoms with Crippen molar-refractivity contribution >= 4 is 46.0 Å². The Morgan fingerprint density at radius 1 is 1.23 bits per heavy atom. The maximum Gasteiger partial charge on any atom is 0.250 e. The molecule has 3 N–H and O–H groups in total. The molecule has 3 aromatic rings. The number of nitrogens with zero attached hydrogens (tertiary/aromatic N) is 4. The van der Waals surface area contributed by atoms with E-state index in [0.29, 0.717) is 45.5 Å². The molecule has 1 aromatic carbocycles. The first-order chi connectivity index (χ1) is 14.4. The van der Waals surface area contributed by atoms with E-state index in [1.807, 2.05) is 6.07 Å². The molecule has 0 spiro atoms. The fourth-order valence-corrected chi connectivity index (χ4v) is 4.34. The Morgan fingerprint density at radius 3 is 2.73 bits per heavy atom. The molecule has 1 fully saturated rings. The van der Waals surface area contributed by atoms with Gasteiger partial charge in [-0.1, -0.05) is 29.3 Å². The number of nitrogens with one attached hydrogen (secondary N) is 1. The average Bonchev–Trinajstić information content (AvgIpc) is 3.16. The van der Waals surface area contributed by atoms with Gasteiger partial charge in [-0.05, 0) is 37.1 Å². The number of benzene rings is 1. The predicted octanol–water partition coefficient (Wildman–Crippen LogP) is 4.26. The third-order valence-electron chi connectivity index (χ3n) is 5.12. The molecular weight excluding hydrogens is 433 g/mol. The van der Waals surface area contributed by atoms with Crippen molar-refractivity contribution in [2.24, 2.45) is 5.92 Å². The molecule has 3 heterocycles. The number of alkyl halides is 2. The maximum absolute atomic E-state index is 12.4. The van der Waals surface area contributed by atoms with Gasteiger partial charge in [0.1, 0.15) is 5.82 Å². The van der Waals surface area contributed by atoms with Crippen LogP contribution in [0.5, 0.6) is 0 Å². The topological polar surface area (TPSA) is 80.0 Å². The van der Waals surface area contributed by atoms with Crippen molar-refractivity contribution in [2.75, 3.05) is 36.8 Å². The Balaban J connectivity index is 1.73. The number of aromatic nitrogens is 3. The van der Waals surface area contributed by atoms with E-state index in [1.165, 1.54) is 0 Å². The van der Waals surface area contributed by atoms with Gasteiger partial charge in [0.15, 0.2) is 5.65 Å². The van der Waals surface area contributed by atoms with Crippen LogP contribution in [0.3, 0.4) is 0 Å². The van der Waals surface area contributed by atoms with Crippen LogP contribution < -0.4 is 16.0 Å². The smallest absolute Gasteiger partial charge is 0.250 e. The van der Waals surface area contributed by atoms with Crippen molar-refractivity contribution < 1.29 is 8.78 Å². The summed E-state index contributed by atoms with van der Waals surface area (Å²) >= 11 is 13.0. The zero-order valence-corrected chi connectivity index (χ0v) is 17.5.